The Kier molecular flexibility index (Phi) is 2.76. The van der Waals surface area contributed by atoms with Crippen LogP contribution in [0.4, 0.5) is 17.6 Å². The lowest BCUT2D eigenvalue weighted by Gasteiger charge is -2.24. The summed E-state index contributed by atoms with van der Waals surface area (Å²) >= 11 is 0. The highest BCUT2D eigenvalue weighted by Gasteiger charge is 2.56. The number of amidine groups is 2. The van der Waals surface area contributed by atoms with Crippen molar-refractivity contribution in [2.24, 2.45) is 0 Å². The second-order valence-electron chi connectivity index (χ2n) is 4.06. The number of halogens is 4. The molecular formula is C11H9F4N3O. The summed E-state index contributed by atoms with van der Waals surface area (Å²) in [6.07, 6.45) is -4.70. The Morgan fingerprint density at radius 3 is 2.32 bits per heavy atom. The van der Waals surface area contributed by atoms with Crippen LogP contribution < -0.4 is 10.1 Å². The molecule has 0 saturated carbocycles. The van der Waals surface area contributed by atoms with Gasteiger partial charge in [-0.15, -0.1) is 0 Å². The van der Waals surface area contributed by atoms with E-state index in [2.05, 4.69) is 10.1 Å². The van der Waals surface area contributed by atoms with E-state index in [1.165, 1.54) is 12.1 Å². The van der Waals surface area contributed by atoms with Crippen LogP contribution in [0.1, 0.15) is 18.1 Å². The third kappa shape index (κ3) is 2.13. The summed E-state index contributed by atoms with van der Waals surface area (Å²) in [6.45, 7) is 0.0434. The first kappa shape index (κ1) is 13.3. The van der Waals surface area contributed by atoms with Gasteiger partial charge in [0.2, 0.25) is 0 Å². The largest absolute Gasteiger partial charge is 0.463 e. The van der Waals surface area contributed by atoms with Crippen molar-refractivity contribution in [1.29, 1.82) is 10.8 Å². The van der Waals surface area contributed by atoms with Gasteiger partial charge in [-0.05, 0) is 6.07 Å². The van der Waals surface area contributed by atoms with Gasteiger partial charge in [0.05, 0.1) is 5.56 Å². The molecule has 0 bridgehead atoms. The Morgan fingerprint density at radius 2 is 1.74 bits per heavy atom. The molecule has 1 aromatic carbocycles. The van der Waals surface area contributed by atoms with Crippen molar-refractivity contribution in [3.05, 3.63) is 29.3 Å². The molecule has 1 aliphatic heterocycles. The minimum absolute atomic E-state index is 0.0434. The molecule has 0 radical (unpaired) electrons. The van der Waals surface area contributed by atoms with Gasteiger partial charge in [-0.2, -0.15) is 17.6 Å². The molecule has 4 nitrogen and oxygen atoms in total. The monoisotopic (exact) mass is 275 g/mol. The molecule has 0 fully saturated rings. The molecule has 0 aliphatic carbocycles. The third-order valence-electron chi connectivity index (χ3n) is 2.54. The summed E-state index contributed by atoms with van der Waals surface area (Å²) in [5.74, 6) is -5.44. The van der Waals surface area contributed by atoms with Gasteiger partial charge in [0, 0.05) is 12.5 Å². The molecule has 0 amide bonds. The molecule has 0 aromatic heterocycles. The number of nitrogens with one attached hydrogen (secondary N) is 3. The second kappa shape index (κ2) is 3.94. The van der Waals surface area contributed by atoms with Crippen LogP contribution in [0.25, 0.3) is 0 Å². The Balaban J connectivity index is 2.44. The maximum atomic E-state index is 13.2. The number of ether oxygens (including phenoxy) is 1. The van der Waals surface area contributed by atoms with Gasteiger partial charge < -0.3 is 10.1 Å². The van der Waals surface area contributed by atoms with Crippen molar-refractivity contribution in [3.63, 3.8) is 0 Å². The van der Waals surface area contributed by atoms with E-state index in [-0.39, 0.29) is 29.7 Å². The highest BCUT2D eigenvalue weighted by Crippen LogP contribution is 2.38. The van der Waals surface area contributed by atoms with Crippen LogP contribution in [0.2, 0.25) is 0 Å². The smallest absolute Gasteiger partial charge is 0.427 e. The Morgan fingerprint density at radius 1 is 1.11 bits per heavy atom. The molecule has 0 atom stereocenters. The fourth-order valence-corrected chi connectivity index (χ4v) is 1.56. The SMILES string of the molecule is CC(F)(F)C(F)(F)Oc1cccc2c1C(=N)NC2=N. The summed E-state index contributed by atoms with van der Waals surface area (Å²) < 4.78 is 55.9. The van der Waals surface area contributed by atoms with E-state index in [1.54, 1.807) is 0 Å². The lowest BCUT2D eigenvalue weighted by Crippen LogP contribution is -2.43. The number of rotatable bonds is 3. The predicted molar refractivity (Wildman–Crippen MR) is 59.4 cm³/mol. The second-order valence-corrected chi connectivity index (χ2v) is 4.06. The van der Waals surface area contributed by atoms with Crippen molar-refractivity contribution in [2.75, 3.05) is 0 Å². The normalized spacial score (nSPS) is 15.2. The zero-order chi connectivity index (χ0) is 14.4. The minimum atomic E-state index is -4.70. The number of benzene rings is 1. The molecule has 3 N–H and O–H groups in total. The van der Waals surface area contributed by atoms with Crippen molar-refractivity contribution in [3.8, 4) is 5.75 Å². The Bertz CT molecular complexity index is 566. The molecular weight excluding hydrogens is 266 g/mol. The van der Waals surface area contributed by atoms with E-state index in [1.807, 2.05) is 0 Å². The summed E-state index contributed by atoms with van der Waals surface area (Å²) in [4.78, 5) is 0. The predicted octanol–water partition coefficient (Wildman–Crippen LogP) is 2.57. The molecule has 1 aliphatic rings. The summed E-state index contributed by atoms with van der Waals surface area (Å²) in [7, 11) is 0. The van der Waals surface area contributed by atoms with Crippen LogP contribution >= 0.6 is 0 Å². The highest BCUT2D eigenvalue weighted by molar-refractivity contribution is 6.24. The van der Waals surface area contributed by atoms with Crippen molar-refractivity contribution >= 4 is 11.7 Å². The van der Waals surface area contributed by atoms with Crippen LogP contribution in [0, 0.1) is 10.8 Å². The van der Waals surface area contributed by atoms with Crippen LogP contribution in [-0.4, -0.2) is 23.7 Å². The first-order valence-electron chi connectivity index (χ1n) is 5.16. The molecule has 2 rings (SSSR count). The van der Waals surface area contributed by atoms with Crippen LogP contribution in [-0.2, 0) is 0 Å². The van der Waals surface area contributed by atoms with E-state index in [0.29, 0.717) is 0 Å². The molecule has 8 heteroatoms. The van der Waals surface area contributed by atoms with Gasteiger partial charge in [0.25, 0.3) is 0 Å². The fraction of sp³-hybridized carbons (Fsp3) is 0.273. The van der Waals surface area contributed by atoms with Crippen molar-refractivity contribution < 1.29 is 22.3 Å². The topological polar surface area (TPSA) is 69.0 Å². The molecule has 1 heterocycles. The average Bonchev–Trinajstić information content (AvgIpc) is 2.53. The minimum Gasteiger partial charge on any atom is -0.427 e. The van der Waals surface area contributed by atoms with Gasteiger partial charge >= 0.3 is 12.0 Å². The third-order valence-corrected chi connectivity index (χ3v) is 2.54. The van der Waals surface area contributed by atoms with E-state index in [4.69, 9.17) is 10.8 Å². The standard InChI is InChI=1S/C11H9F4N3O/c1-10(12,13)11(14,15)19-6-4-2-3-5-7(6)9(17)18-8(5)16/h2-4H,1H3,(H3,16,17,18). The summed E-state index contributed by atoms with van der Waals surface area (Å²) in [5.41, 5.74) is 0.0224. The lowest BCUT2D eigenvalue weighted by molar-refractivity contribution is -0.301. The zero-order valence-electron chi connectivity index (χ0n) is 9.65. The molecule has 0 saturated heterocycles. The zero-order valence-corrected chi connectivity index (χ0v) is 9.65. The molecule has 0 spiro atoms. The van der Waals surface area contributed by atoms with E-state index >= 15 is 0 Å². The van der Waals surface area contributed by atoms with Crippen LogP contribution in [0.3, 0.4) is 0 Å². The van der Waals surface area contributed by atoms with E-state index < -0.39 is 17.8 Å². The number of hydrogen-bond acceptors (Lipinski definition) is 3. The number of fused-ring (bicyclic) bond motifs is 1. The van der Waals surface area contributed by atoms with E-state index in [9.17, 15) is 17.6 Å². The summed E-state index contributed by atoms with van der Waals surface area (Å²) in [6, 6.07) is 3.74. The number of hydrogen-bond donors (Lipinski definition) is 3. The van der Waals surface area contributed by atoms with Gasteiger partial charge in [-0.1, -0.05) is 12.1 Å². The summed E-state index contributed by atoms with van der Waals surface area (Å²) in [5, 5.41) is 17.3. The molecule has 19 heavy (non-hydrogen) atoms. The van der Waals surface area contributed by atoms with Crippen LogP contribution in [0.5, 0.6) is 5.75 Å². The maximum absolute atomic E-state index is 13.2. The molecule has 1 aromatic rings. The van der Waals surface area contributed by atoms with E-state index in [0.717, 1.165) is 6.07 Å². The first-order chi connectivity index (χ1) is 8.63. The van der Waals surface area contributed by atoms with Crippen molar-refractivity contribution in [2.45, 2.75) is 19.0 Å². The Labute approximate surface area is 105 Å². The maximum Gasteiger partial charge on any atom is 0.463 e. The average molecular weight is 275 g/mol. The first-order valence-corrected chi connectivity index (χ1v) is 5.16. The Hall–Kier alpha value is -2.12. The quantitative estimate of drug-likeness (QED) is 0.742. The molecule has 0 unspecified atom stereocenters. The van der Waals surface area contributed by atoms with Gasteiger partial charge in [-0.25, -0.2) is 0 Å². The fourth-order valence-electron chi connectivity index (χ4n) is 1.56. The number of alkyl halides is 4. The highest BCUT2D eigenvalue weighted by atomic mass is 19.3. The van der Waals surface area contributed by atoms with Gasteiger partial charge in [-0.3, -0.25) is 10.8 Å². The lowest BCUT2D eigenvalue weighted by atomic mass is 10.1. The van der Waals surface area contributed by atoms with Gasteiger partial charge in [0.15, 0.2) is 0 Å². The van der Waals surface area contributed by atoms with Crippen molar-refractivity contribution in [1.82, 2.24) is 5.32 Å². The molecule has 102 valence electrons. The van der Waals surface area contributed by atoms with Gasteiger partial charge in [0.1, 0.15) is 17.4 Å². The van der Waals surface area contributed by atoms with Crippen LogP contribution in [0.15, 0.2) is 18.2 Å².